The molecule has 98 valence electrons. The van der Waals surface area contributed by atoms with Crippen molar-refractivity contribution in [2.24, 2.45) is 5.41 Å². The zero-order valence-electron chi connectivity index (χ0n) is 10.2. The predicted octanol–water partition coefficient (Wildman–Crippen LogP) is 3.01. The van der Waals surface area contributed by atoms with Crippen LogP contribution < -0.4 is 0 Å². The molecule has 0 saturated carbocycles. The summed E-state index contributed by atoms with van der Waals surface area (Å²) >= 11 is 5.74. The monoisotopic (exact) mass is 270 g/mol. The van der Waals surface area contributed by atoms with Crippen LogP contribution in [0.4, 0.5) is 0 Å². The van der Waals surface area contributed by atoms with E-state index in [9.17, 15) is 19.8 Å². The van der Waals surface area contributed by atoms with Gasteiger partial charge in [0.1, 0.15) is 0 Å². The average Bonchev–Trinajstić information content (AvgIpc) is 2.31. The van der Waals surface area contributed by atoms with Crippen LogP contribution in [0.3, 0.4) is 0 Å². The second-order valence-corrected chi connectivity index (χ2v) is 4.84. The summed E-state index contributed by atoms with van der Waals surface area (Å²) in [5, 5.41) is 19.1. The minimum atomic E-state index is -1.35. The third-order valence-electron chi connectivity index (χ3n) is 3.31. The molecule has 0 aromatic heterocycles. The van der Waals surface area contributed by atoms with Crippen molar-refractivity contribution in [3.8, 4) is 0 Å². The molecular formula is C13H15ClO4. The molecule has 0 heterocycles. The van der Waals surface area contributed by atoms with Gasteiger partial charge in [-0.15, -0.1) is 0 Å². The van der Waals surface area contributed by atoms with Crippen molar-refractivity contribution in [3.05, 3.63) is 34.9 Å². The van der Waals surface area contributed by atoms with Crippen molar-refractivity contribution in [2.45, 2.75) is 26.2 Å². The maximum atomic E-state index is 11.4. The molecule has 1 aromatic carbocycles. The predicted molar refractivity (Wildman–Crippen MR) is 67.9 cm³/mol. The largest absolute Gasteiger partial charge is 0.481 e. The van der Waals surface area contributed by atoms with E-state index in [1.807, 2.05) is 0 Å². The Bertz CT molecular complexity index is 455. The fraction of sp³-hybridized carbons (Fsp3) is 0.385. The van der Waals surface area contributed by atoms with Gasteiger partial charge in [-0.2, -0.15) is 0 Å². The van der Waals surface area contributed by atoms with Crippen molar-refractivity contribution in [1.29, 1.82) is 0 Å². The second kappa shape index (κ2) is 5.40. The Balaban J connectivity index is 3.30. The van der Waals surface area contributed by atoms with Crippen LogP contribution in [-0.4, -0.2) is 22.2 Å². The maximum Gasteiger partial charge on any atom is 0.312 e. The summed E-state index contributed by atoms with van der Waals surface area (Å²) in [6, 6.07) is 6.23. The number of carboxylic acids is 2. The van der Waals surface area contributed by atoms with Crippen LogP contribution in [0.5, 0.6) is 0 Å². The molecule has 2 unspecified atom stereocenters. The Morgan fingerprint density at radius 2 is 1.78 bits per heavy atom. The summed E-state index contributed by atoms with van der Waals surface area (Å²) in [6.45, 7) is 3.11. The summed E-state index contributed by atoms with van der Waals surface area (Å²) < 4.78 is 0. The van der Waals surface area contributed by atoms with Gasteiger partial charge in [0.2, 0.25) is 0 Å². The zero-order valence-corrected chi connectivity index (χ0v) is 10.9. The van der Waals surface area contributed by atoms with Crippen molar-refractivity contribution < 1.29 is 19.8 Å². The van der Waals surface area contributed by atoms with Gasteiger partial charge in [-0.3, -0.25) is 9.59 Å². The number of halogens is 1. The lowest BCUT2D eigenvalue weighted by Gasteiger charge is -2.30. The summed E-state index contributed by atoms with van der Waals surface area (Å²) in [5.74, 6) is -3.37. The molecule has 2 atom stereocenters. The standard InChI is InChI=1S/C13H15ClO4/c1-3-13(2,12(17)18)10(11(15)16)8-4-6-9(14)7-5-8/h4-7,10H,3H2,1-2H3,(H,15,16)(H,17,18). The Kier molecular flexibility index (Phi) is 4.35. The Labute approximate surface area is 110 Å². The highest BCUT2D eigenvalue weighted by Crippen LogP contribution is 2.39. The van der Waals surface area contributed by atoms with E-state index in [0.29, 0.717) is 10.6 Å². The van der Waals surface area contributed by atoms with Gasteiger partial charge in [0, 0.05) is 5.02 Å². The van der Waals surface area contributed by atoms with Crippen LogP contribution in [0.15, 0.2) is 24.3 Å². The first-order chi connectivity index (χ1) is 8.32. The molecule has 0 aliphatic rings. The average molecular weight is 271 g/mol. The Morgan fingerprint density at radius 3 is 2.11 bits per heavy atom. The smallest absolute Gasteiger partial charge is 0.312 e. The minimum absolute atomic E-state index is 0.224. The molecular weight excluding hydrogens is 256 g/mol. The molecule has 0 amide bonds. The van der Waals surface area contributed by atoms with Crippen LogP contribution in [0.2, 0.25) is 5.02 Å². The van der Waals surface area contributed by atoms with Gasteiger partial charge in [0.15, 0.2) is 0 Å². The van der Waals surface area contributed by atoms with E-state index in [1.165, 1.54) is 6.92 Å². The van der Waals surface area contributed by atoms with Gasteiger partial charge in [-0.25, -0.2) is 0 Å². The quantitative estimate of drug-likeness (QED) is 0.862. The molecule has 0 aliphatic heterocycles. The third kappa shape index (κ3) is 2.64. The molecule has 0 radical (unpaired) electrons. The van der Waals surface area contributed by atoms with E-state index in [4.69, 9.17) is 11.6 Å². The molecule has 0 spiro atoms. The van der Waals surface area contributed by atoms with Gasteiger partial charge >= 0.3 is 11.9 Å². The third-order valence-corrected chi connectivity index (χ3v) is 3.56. The highest BCUT2D eigenvalue weighted by molar-refractivity contribution is 6.30. The zero-order chi connectivity index (χ0) is 13.9. The van der Waals surface area contributed by atoms with Crippen LogP contribution in [0.25, 0.3) is 0 Å². The SMILES string of the molecule is CCC(C)(C(=O)O)C(C(=O)O)c1ccc(Cl)cc1. The molecule has 2 N–H and O–H groups in total. The molecule has 0 fully saturated rings. The summed E-state index contributed by atoms with van der Waals surface area (Å²) in [5.41, 5.74) is -0.904. The molecule has 1 rings (SSSR count). The molecule has 0 saturated heterocycles. The first kappa shape index (κ1) is 14.5. The van der Waals surface area contributed by atoms with Crippen molar-refractivity contribution in [2.75, 3.05) is 0 Å². The van der Waals surface area contributed by atoms with E-state index in [-0.39, 0.29) is 6.42 Å². The lowest BCUT2D eigenvalue weighted by atomic mass is 9.71. The summed E-state index contributed by atoms with van der Waals surface area (Å²) in [7, 11) is 0. The van der Waals surface area contributed by atoms with Crippen molar-refractivity contribution in [1.82, 2.24) is 0 Å². The Hall–Kier alpha value is -1.55. The lowest BCUT2D eigenvalue weighted by molar-refractivity contribution is -0.157. The fourth-order valence-electron chi connectivity index (χ4n) is 1.92. The summed E-state index contributed by atoms with van der Waals surface area (Å²) in [6.07, 6.45) is 0.224. The number of hydrogen-bond acceptors (Lipinski definition) is 2. The van der Waals surface area contributed by atoms with Crippen molar-refractivity contribution >= 4 is 23.5 Å². The molecule has 0 aliphatic carbocycles. The fourth-order valence-corrected chi connectivity index (χ4v) is 2.04. The first-order valence-corrected chi connectivity index (χ1v) is 5.92. The van der Waals surface area contributed by atoms with E-state index < -0.39 is 23.3 Å². The van der Waals surface area contributed by atoms with Gasteiger partial charge < -0.3 is 10.2 Å². The van der Waals surface area contributed by atoms with Crippen LogP contribution in [0.1, 0.15) is 31.7 Å². The maximum absolute atomic E-state index is 11.4. The molecule has 5 heteroatoms. The lowest BCUT2D eigenvalue weighted by Crippen LogP contribution is -2.38. The topological polar surface area (TPSA) is 74.6 Å². The number of benzene rings is 1. The van der Waals surface area contributed by atoms with Crippen LogP contribution in [-0.2, 0) is 9.59 Å². The normalized spacial score (nSPS) is 15.7. The van der Waals surface area contributed by atoms with E-state index in [1.54, 1.807) is 31.2 Å². The Morgan fingerprint density at radius 1 is 1.28 bits per heavy atom. The van der Waals surface area contributed by atoms with E-state index in [2.05, 4.69) is 0 Å². The number of carbonyl (C=O) groups is 2. The molecule has 1 aromatic rings. The van der Waals surface area contributed by atoms with Gasteiger partial charge in [0.25, 0.3) is 0 Å². The minimum Gasteiger partial charge on any atom is -0.481 e. The highest BCUT2D eigenvalue weighted by Gasteiger charge is 2.45. The van der Waals surface area contributed by atoms with Crippen LogP contribution >= 0.6 is 11.6 Å². The van der Waals surface area contributed by atoms with Gasteiger partial charge in [-0.05, 0) is 31.0 Å². The number of hydrogen-bond donors (Lipinski definition) is 2. The molecule has 18 heavy (non-hydrogen) atoms. The van der Waals surface area contributed by atoms with Gasteiger partial charge in [0.05, 0.1) is 11.3 Å². The second-order valence-electron chi connectivity index (χ2n) is 4.40. The van der Waals surface area contributed by atoms with Crippen molar-refractivity contribution in [3.63, 3.8) is 0 Å². The number of aliphatic carboxylic acids is 2. The summed E-state index contributed by atoms with van der Waals surface area (Å²) in [4.78, 5) is 22.7. The number of rotatable bonds is 5. The van der Waals surface area contributed by atoms with Crippen LogP contribution in [0, 0.1) is 5.41 Å². The molecule has 0 bridgehead atoms. The molecule has 4 nitrogen and oxygen atoms in total. The number of carboxylic acid groups (broad SMARTS) is 2. The van der Waals surface area contributed by atoms with Gasteiger partial charge in [-0.1, -0.05) is 30.7 Å². The van der Waals surface area contributed by atoms with E-state index in [0.717, 1.165) is 0 Å². The highest BCUT2D eigenvalue weighted by atomic mass is 35.5. The van der Waals surface area contributed by atoms with E-state index >= 15 is 0 Å². The first-order valence-electron chi connectivity index (χ1n) is 5.54.